The molecule has 3 aromatic rings. The highest BCUT2D eigenvalue weighted by atomic mass is 19.1. The standard InChI is InChI=1S/C24H23FN4O2/c1-14-3-6-18-17(9-14)5-8-20(18)29-24(31)22-11-21(27-13-28-22)23(30)26-12-16-4-7-19(25)15(2)10-16/h3-4,6-7,9-11,13,20H,5,8,12H2,1-2H3,(H,26,30)(H,29,31)/t20-/m0/s1. The van der Waals surface area contributed by atoms with Gasteiger partial charge in [0.05, 0.1) is 6.04 Å². The molecule has 0 radical (unpaired) electrons. The van der Waals surface area contributed by atoms with Crippen LogP contribution in [0.2, 0.25) is 0 Å². The van der Waals surface area contributed by atoms with Gasteiger partial charge in [0.25, 0.3) is 11.8 Å². The first-order chi connectivity index (χ1) is 14.9. The number of rotatable bonds is 5. The number of carbonyl (C=O) groups is 2. The van der Waals surface area contributed by atoms with Gasteiger partial charge in [0.2, 0.25) is 0 Å². The lowest BCUT2D eigenvalue weighted by molar-refractivity contribution is 0.0931. The molecule has 1 aromatic heterocycles. The molecule has 0 spiro atoms. The minimum Gasteiger partial charge on any atom is -0.347 e. The van der Waals surface area contributed by atoms with E-state index in [0.717, 1.165) is 24.0 Å². The normalized spacial score (nSPS) is 14.7. The lowest BCUT2D eigenvalue weighted by atomic mass is 10.1. The number of aromatic nitrogens is 2. The van der Waals surface area contributed by atoms with Crippen LogP contribution in [-0.4, -0.2) is 21.8 Å². The molecule has 4 rings (SSSR count). The van der Waals surface area contributed by atoms with Gasteiger partial charge in [-0.15, -0.1) is 0 Å². The van der Waals surface area contributed by atoms with Crippen molar-refractivity contribution in [3.63, 3.8) is 0 Å². The van der Waals surface area contributed by atoms with Gasteiger partial charge >= 0.3 is 0 Å². The smallest absolute Gasteiger partial charge is 0.270 e. The van der Waals surface area contributed by atoms with Gasteiger partial charge < -0.3 is 10.6 Å². The summed E-state index contributed by atoms with van der Waals surface area (Å²) in [5.41, 5.74) is 5.10. The highest BCUT2D eigenvalue weighted by molar-refractivity contribution is 5.97. The number of hydrogen-bond donors (Lipinski definition) is 2. The summed E-state index contributed by atoms with van der Waals surface area (Å²) < 4.78 is 13.4. The zero-order valence-corrected chi connectivity index (χ0v) is 17.4. The van der Waals surface area contributed by atoms with E-state index in [1.807, 2.05) is 6.07 Å². The zero-order chi connectivity index (χ0) is 22.0. The number of halogens is 1. The maximum absolute atomic E-state index is 13.4. The first kappa shape index (κ1) is 20.7. The second kappa shape index (κ2) is 8.63. The van der Waals surface area contributed by atoms with Crippen molar-refractivity contribution in [2.75, 3.05) is 0 Å². The quantitative estimate of drug-likeness (QED) is 0.663. The second-order valence-electron chi connectivity index (χ2n) is 7.82. The topological polar surface area (TPSA) is 84.0 Å². The van der Waals surface area contributed by atoms with Crippen LogP contribution in [0.15, 0.2) is 48.8 Å². The number of fused-ring (bicyclic) bond motifs is 1. The van der Waals surface area contributed by atoms with Gasteiger partial charge in [-0.1, -0.05) is 35.9 Å². The number of hydrogen-bond acceptors (Lipinski definition) is 4. The van der Waals surface area contributed by atoms with E-state index in [-0.39, 0.29) is 35.7 Å². The number of nitrogens with one attached hydrogen (secondary N) is 2. The Hall–Kier alpha value is -3.61. The van der Waals surface area contributed by atoms with Crippen molar-refractivity contribution < 1.29 is 14.0 Å². The second-order valence-corrected chi connectivity index (χ2v) is 7.82. The van der Waals surface area contributed by atoms with E-state index in [2.05, 4.69) is 39.7 Å². The molecule has 7 heteroatoms. The van der Waals surface area contributed by atoms with Crippen LogP contribution in [0, 0.1) is 19.7 Å². The number of amides is 2. The van der Waals surface area contributed by atoms with Crippen molar-refractivity contribution in [2.24, 2.45) is 0 Å². The number of nitrogens with zero attached hydrogens (tertiary/aromatic N) is 2. The monoisotopic (exact) mass is 418 g/mol. The Morgan fingerprint density at radius 1 is 1.03 bits per heavy atom. The SMILES string of the molecule is Cc1ccc2c(c1)CC[C@@H]2NC(=O)c1cc(C(=O)NCc2ccc(F)c(C)c2)ncn1. The van der Waals surface area contributed by atoms with Crippen molar-refractivity contribution in [1.29, 1.82) is 0 Å². The summed E-state index contributed by atoms with van der Waals surface area (Å²) in [6.07, 6.45) is 2.96. The number of carbonyl (C=O) groups excluding carboxylic acids is 2. The largest absolute Gasteiger partial charge is 0.347 e. The van der Waals surface area contributed by atoms with Gasteiger partial charge in [-0.2, -0.15) is 0 Å². The fourth-order valence-corrected chi connectivity index (χ4v) is 3.82. The molecule has 1 aliphatic carbocycles. The highest BCUT2D eigenvalue weighted by Crippen LogP contribution is 2.31. The minimum absolute atomic E-state index is 0.0722. The first-order valence-corrected chi connectivity index (χ1v) is 10.2. The van der Waals surface area contributed by atoms with E-state index in [1.165, 1.54) is 29.6 Å². The molecule has 0 fully saturated rings. The third-order valence-electron chi connectivity index (χ3n) is 5.49. The lowest BCUT2D eigenvalue weighted by Crippen LogP contribution is -2.29. The summed E-state index contributed by atoms with van der Waals surface area (Å²) >= 11 is 0. The van der Waals surface area contributed by atoms with Gasteiger partial charge in [0, 0.05) is 12.6 Å². The summed E-state index contributed by atoms with van der Waals surface area (Å²) in [6.45, 7) is 3.94. The molecule has 0 saturated carbocycles. The van der Waals surface area contributed by atoms with E-state index in [4.69, 9.17) is 0 Å². The third kappa shape index (κ3) is 4.60. The molecule has 0 bridgehead atoms. The van der Waals surface area contributed by atoms with Crippen molar-refractivity contribution in [3.8, 4) is 0 Å². The van der Waals surface area contributed by atoms with Crippen molar-refractivity contribution in [1.82, 2.24) is 20.6 Å². The van der Waals surface area contributed by atoms with Crippen molar-refractivity contribution in [2.45, 2.75) is 39.3 Å². The number of aryl methyl sites for hydroxylation is 3. The van der Waals surface area contributed by atoms with Crippen LogP contribution < -0.4 is 10.6 Å². The number of benzene rings is 2. The summed E-state index contributed by atoms with van der Waals surface area (Å²) in [4.78, 5) is 33.2. The molecule has 2 amide bonds. The Morgan fingerprint density at radius 2 is 1.81 bits per heavy atom. The van der Waals surface area contributed by atoms with Gasteiger partial charge in [-0.25, -0.2) is 14.4 Å². The Labute approximate surface area is 179 Å². The van der Waals surface area contributed by atoms with Crippen molar-refractivity contribution >= 4 is 11.8 Å². The van der Waals surface area contributed by atoms with Crippen LogP contribution in [-0.2, 0) is 13.0 Å². The van der Waals surface area contributed by atoms with Crippen LogP contribution in [0.25, 0.3) is 0 Å². The molecule has 1 heterocycles. The third-order valence-corrected chi connectivity index (χ3v) is 5.49. The Morgan fingerprint density at radius 3 is 2.58 bits per heavy atom. The van der Waals surface area contributed by atoms with E-state index in [1.54, 1.807) is 19.1 Å². The minimum atomic E-state index is -0.430. The molecule has 0 saturated heterocycles. The van der Waals surface area contributed by atoms with Crippen LogP contribution in [0.5, 0.6) is 0 Å². The van der Waals surface area contributed by atoms with Crippen LogP contribution in [0.4, 0.5) is 4.39 Å². The summed E-state index contributed by atoms with van der Waals surface area (Å²) in [6, 6.07) is 12.2. The van der Waals surface area contributed by atoms with Crippen LogP contribution in [0.1, 0.15) is 61.3 Å². The Bertz CT molecular complexity index is 1160. The Kier molecular flexibility index (Phi) is 5.75. The molecule has 2 N–H and O–H groups in total. The van der Waals surface area contributed by atoms with Gasteiger partial charge in [-0.3, -0.25) is 9.59 Å². The van der Waals surface area contributed by atoms with E-state index in [0.29, 0.717) is 5.56 Å². The summed E-state index contributed by atoms with van der Waals surface area (Å²) in [5.74, 6) is -1.06. The molecular formula is C24H23FN4O2. The molecule has 31 heavy (non-hydrogen) atoms. The highest BCUT2D eigenvalue weighted by Gasteiger charge is 2.25. The molecule has 158 valence electrons. The maximum Gasteiger partial charge on any atom is 0.270 e. The molecular weight excluding hydrogens is 395 g/mol. The van der Waals surface area contributed by atoms with Crippen LogP contribution in [0.3, 0.4) is 0 Å². The van der Waals surface area contributed by atoms with E-state index in [9.17, 15) is 14.0 Å². The van der Waals surface area contributed by atoms with Gasteiger partial charge in [0.15, 0.2) is 0 Å². The molecule has 6 nitrogen and oxygen atoms in total. The maximum atomic E-state index is 13.4. The molecule has 2 aromatic carbocycles. The summed E-state index contributed by atoms with van der Waals surface area (Å²) in [5, 5.41) is 5.75. The molecule has 0 unspecified atom stereocenters. The van der Waals surface area contributed by atoms with Crippen LogP contribution >= 0.6 is 0 Å². The van der Waals surface area contributed by atoms with E-state index >= 15 is 0 Å². The summed E-state index contributed by atoms with van der Waals surface area (Å²) in [7, 11) is 0. The van der Waals surface area contributed by atoms with E-state index < -0.39 is 5.91 Å². The predicted octanol–water partition coefficient (Wildman–Crippen LogP) is 3.58. The zero-order valence-electron chi connectivity index (χ0n) is 17.4. The molecule has 1 atom stereocenters. The fourth-order valence-electron chi connectivity index (χ4n) is 3.82. The Balaban J connectivity index is 1.41. The fraction of sp³-hybridized carbons (Fsp3) is 0.250. The van der Waals surface area contributed by atoms with Gasteiger partial charge in [-0.05, 0) is 55.0 Å². The molecule has 1 aliphatic rings. The average Bonchev–Trinajstić information content (AvgIpc) is 3.16. The van der Waals surface area contributed by atoms with Gasteiger partial charge in [0.1, 0.15) is 23.5 Å². The first-order valence-electron chi connectivity index (χ1n) is 10.2. The predicted molar refractivity (Wildman–Crippen MR) is 114 cm³/mol. The van der Waals surface area contributed by atoms with Crippen molar-refractivity contribution in [3.05, 3.63) is 93.8 Å². The lowest BCUT2D eigenvalue weighted by Gasteiger charge is -2.14. The average molecular weight is 418 g/mol. The molecule has 0 aliphatic heterocycles.